The molecule has 1 aromatic rings. The van der Waals surface area contributed by atoms with E-state index in [4.69, 9.17) is 0 Å². The first-order chi connectivity index (χ1) is 9.62. The van der Waals surface area contributed by atoms with E-state index < -0.39 is 12.1 Å². The highest BCUT2D eigenvalue weighted by Crippen LogP contribution is 2.32. The van der Waals surface area contributed by atoms with Crippen molar-refractivity contribution >= 4 is 23.2 Å². The maximum Gasteiger partial charge on any atom is 0.246 e. The van der Waals surface area contributed by atoms with E-state index in [0.717, 1.165) is 10.7 Å². The second-order valence-corrected chi connectivity index (χ2v) is 7.62. The van der Waals surface area contributed by atoms with Gasteiger partial charge in [-0.3, -0.25) is 9.59 Å². The summed E-state index contributed by atoms with van der Waals surface area (Å²) < 4.78 is 0. The van der Waals surface area contributed by atoms with Crippen LogP contribution in [0.25, 0.3) is 0 Å². The average Bonchev–Trinajstić information content (AvgIpc) is 2.79. The summed E-state index contributed by atoms with van der Waals surface area (Å²) in [5, 5.41) is 5.69. The van der Waals surface area contributed by atoms with Gasteiger partial charge in [-0.15, -0.1) is 11.3 Å². The second-order valence-electron chi connectivity index (χ2n) is 6.73. The fraction of sp³-hybridized carbons (Fsp3) is 0.667. The first kappa shape index (κ1) is 15.9. The van der Waals surface area contributed by atoms with Gasteiger partial charge in [0, 0.05) is 11.1 Å². The zero-order chi connectivity index (χ0) is 15.9. The van der Waals surface area contributed by atoms with Crippen molar-refractivity contribution in [2.45, 2.75) is 59.7 Å². The van der Waals surface area contributed by atoms with Gasteiger partial charge in [0.1, 0.15) is 17.1 Å². The Hall–Kier alpha value is -1.43. The van der Waals surface area contributed by atoms with Gasteiger partial charge in [-0.05, 0) is 26.2 Å². The first-order valence-electron chi connectivity index (χ1n) is 7.17. The largest absolute Gasteiger partial charge is 0.342 e. The Morgan fingerprint density at radius 1 is 1.38 bits per heavy atom. The number of nitrogens with one attached hydrogen (secondary N) is 1. The lowest BCUT2D eigenvalue weighted by atomic mass is 9.83. The minimum atomic E-state index is -0.496. The standard InChI is InChI=1S/C15H23N3O2S/c1-8-7-21-13(16-8)10(3)18-9(2)12(19)17-11(14(18)20)15(4,5)6/h7,9-11H,1-6H3,(H,17,19). The molecule has 1 fully saturated rings. The smallest absolute Gasteiger partial charge is 0.246 e. The summed E-state index contributed by atoms with van der Waals surface area (Å²) in [6, 6.07) is -1.16. The monoisotopic (exact) mass is 309 g/mol. The maximum absolute atomic E-state index is 12.8. The highest BCUT2D eigenvalue weighted by atomic mass is 32.1. The van der Waals surface area contributed by atoms with Gasteiger partial charge >= 0.3 is 0 Å². The molecule has 0 aromatic carbocycles. The Morgan fingerprint density at radius 2 is 2.00 bits per heavy atom. The van der Waals surface area contributed by atoms with E-state index in [9.17, 15) is 9.59 Å². The lowest BCUT2D eigenvalue weighted by Crippen LogP contribution is -2.66. The third-order valence-electron chi connectivity index (χ3n) is 3.86. The van der Waals surface area contributed by atoms with Crippen LogP contribution >= 0.6 is 11.3 Å². The first-order valence-corrected chi connectivity index (χ1v) is 8.05. The van der Waals surface area contributed by atoms with Crippen LogP contribution in [-0.4, -0.2) is 33.8 Å². The molecule has 1 saturated heterocycles. The Labute approximate surface area is 129 Å². The number of rotatable bonds is 2. The molecular weight excluding hydrogens is 286 g/mol. The summed E-state index contributed by atoms with van der Waals surface area (Å²) in [4.78, 5) is 31.2. The molecule has 3 atom stereocenters. The van der Waals surface area contributed by atoms with Gasteiger partial charge in [0.15, 0.2) is 0 Å². The topological polar surface area (TPSA) is 62.3 Å². The summed E-state index contributed by atoms with van der Waals surface area (Å²) in [6.07, 6.45) is 0. The van der Waals surface area contributed by atoms with Crippen LogP contribution in [-0.2, 0) is 9.59 Å². The van der Waals surface area contributed by atoms with Gasteiger partial charge < -0.3 is 10.2 Å². The van der Waals surface area contributed by atoms with Gasteiger partial charge in [0.05, 0.1) is 6.04 Å². The molecule has 1 aliphatic rings. The number of piperazine rings is 1. The lowest BCUT2D eigenvalue weighted by Gasteiger charge is -2.44. The van der Waals surface area contributed by atoms with Crippen LogP contribution in [0.3, 0.4) is 0 Å². The number of amides is 2. The van der Waals surface area contributed by atoms with E-state index in [-0.39, 0.29) is 23.3 Å². The molecule has 21 heavy (non-hydrogen) atoms. The van der Waals surface area contributed by atoms with Crippen LogP contribution in [0.1, 0.15) is 51.4 Å². The van der Waals surface area contributed by atoms with Crippen LogP contribution in [0.5, 0.6) is 0 Å². The summed E-state index contributed by atoms with van der Waals surface area (Å²) in [5.41, 5.74) is 0.625. The molecule has 0 spiro atoms. The van der Waals surface area contributed by atoms with Gasteiger partial charge in [0.2, 0.25) is 11.8 Å². The van der Waals surface area contributed by atoms with Gasteiger partial charge in [-0.2, -0.15) is 0 Å². The van der Waals surface area contributed by atoms with Crippen molar-refractivity contribution in [3.63, 3.8) is 0 Å². The van der Waals surface area contributed by atoms with E-state index in [2.05, 4.69) is 10.3 Å². The third kappa shape index (κ3) is 2.95. The van der Waals surface area contributed by atoms with Crippen LogP contribution in [0, 0.1) is 12.3 Å². The molecule has 2 rings (SSSR count). The van der Waals surface area contributed by atoms with Crippen molar-refractivity contribution in [2.75, 3.05) is 0 Å². The van der Waals surface area contributed by atoms with E-state index in [1.54, 1.807) is 11.8 Å². The highest BCUT2D eigenvalue weighted by Gasteiger charge is 2.45. The van der Waals surface area contributed by atoms with Crippen LogP contribution < -0.4 is 5.32 Å². The number of aryl methyl sites for hydroxylation is 1. The summed E-state index contributed by atoms with van der Waals surface area (Å²) in [6.45, 7) is 11.5. The number of thiazole rings is 1. The molecule has 6 heteroatoms. The molecule has 0 saturated carbocycles. The number of aromatic nitrogens is 1. The zero-order valence-electron chi connectivity index (χ0n) is 13.4. The molecule has 1 aliphatic heterocycles. The lowest BCUT2D eigenvalue weighted by molar-refractivity contribution is -0.154. The quantitative estimate of drug-likeness (QED) is 0.911. The summed E-state index contributed by atoms with van der Waals surface area (Å²) in [5.74, 6) is -0.135. The van der Waals surface area contributed by atoms with Crippen molar-refractivity contribution in [3.8, 4) is 0 Å². The molecule has 1 aromatic heterocycles. The Bertz CT molecular complexity index is 562. The highest BCUT2D eigenvalue weighted by molar-refractivity contribution is 7.09. The molecule has 0 aliphatic carbocycles. The average molecular weight is 309 g/mol. The van der Waals surface area contributed by atoms with E-state index in [1.807, 2.05) is 40.0 Å². The third-order valence-corrected chi connectivity index (χ3v) is 5.00. The molecule has 2 amide bonds. The fourth-order valence-corrected chi connectivity index (χ4v) is 3.44. The minimum Gasteiger partial charge on any atom is -0.342 e. The second kappa shape index (κ2) is 5.40. The number of carbonyl (C=O) groups is 2. The molecule has 0 radical (unpaired) electrons. The molecular formula is C15H23N3O2S. The van der Waals surface area contributed by atoms with Crippen molar-refractivity contribution in [1.82, 2.24) is 15.2 Å². The van der Waals surface area contributed by atoms with Gasteiger partial charge in [0.25, 0.3) is 0 Å². The maximum atomic E-state index is 12.8. The van der Waals surface area contributed by atoms with Gasteiger partial charge in [-0.25, -0.2) is 4.98 Å². The zero-order valence-corrected chi connectivity index (χ0v) is 14.2. The van der Waals surface area contributed by atoms with Crippen molar-refractivity contribution in [1.29, 1.82) is 0 Å². The summed E-state index contributed by atoms with van der Waals surface area (Å²) >= 11 is 1.53. The van der Waals surface area contributed by atoms with Crippen molar-refractivity contribution < 1.29 is 9.59 Å². The Kier molecular flexibility index (Phi) is 4.10. The summed E-state index contributed by atoms with van der Waals surface area (Å²) in [7, 11) is 0. The number of hydrogen-bond acceptors (Lipinski definition) is 4. The Balaban J connectivity index is 2.35. The predicted octanol–water partition coefficient (Wildman–Crippen LogP) is 2.27. The Morgan fingerprint density at radius 3 is 2.48 bits per heavy atom. The van der Waals surface area contributed by atoms with E-state index in [0.29, 0.717) is 0 Å². The number of nitrogens with zero attached hydrogens (tertiary/aromatic N) is 2. The normalized spacial score (nSPS) is 25.0. The van der Waals surface area contributed by atoms with Gasteiger partial charge in [-0.1, -0.05) is 20.8 Å². The van der Waals surface area contributed by atoms with Crippen molar-refractivity contribution in [2.24, 2.45) is 5.41 Å². The molecule has 2 heterocycles. The van der Waals surface area contributed by atoms with Crippen LogP contribution in [0.4, 0.5) is 0 Å². The molecule has 116 valence electrons. The molecule has 3 unspecified atom stereocenters. The van der Waals surface area contributed by atoms with Crippen LogP contribution in [0.2, 0.25) is 0 Å². The number of carbonyl (C=O) groups excluding carboxylic acids is 2. The molecule has 5 nitrogen and oxygen atoms in total. The molecule has 1 N–H and O–H groups in total. The van der Waals surface area contributed by atoms with Crippen LogP contribution in [0.15, 0.2) is 5.38 Å². The van der Waals surface area contributed by atoms with E-state index in [1.165, 1.54) is 11.3 Å². The number of hydrogen-bond donors (Lipinski definition) is 1. The SMILES string of the molecule is Cc1csc(C(C)N2C(=O)C(C(C)(C)C)NC(=O)C2C)n1. The fourth-order valence-electron chi connectivity index (χ4n) is 2.59. The molecule has 0 bridgehead atoms. The van der Waals surface area contributed by atoms with E-state index >= 15 is 0 Å². The van der Waals surface area contributed by atoms with Crippen molar-refractivity contribution in [3.05, 3.63) is 16.1 Å². The minimum absolute atomic E-state index is 0.0325. The predicted molar refractivity (Wildman–Crippen MR) is 83.0 cm³/mol.